The first-order valence-electron chi connectivity index (χ1n) is 6.78. The molecule has 0 fully saturated rings. The van der Waals surface area contributed by atoms with Gasteiger partial charge < -0.3 is 15.2 Å². The first-order chi connectivity index (χ1) is 10.7. The molecule has 1 unspecified atom stereocenters. The second kappa shape index (κ2) is 6.33. The van der Waals surface area contributed by atoms with Crippen molar-refractivity contribution in [1.29, 1.82) is 0 Å². The SMILES string of the molecule is COc1cc(C(=O)NCC(C)(O)c2ccc(F)cc2F)nn1C. The van der Waals surface area contributed by atoms with Crippen LogP contribution in [0.25, 0.3) is 0 Å². The first kappa shape index (κ1) is 16.9. The van der Waals surface area contributed by atoms with Crippen LogP contribution in [0.2, 0.25) is 0 Å². The van der Waals surface area contributed by atoms with E-state index in [9.17, 15) is 18.7 Å². The molecule has 1 aromatic heterocycles. The van der Waals surface area contributed by atoms with Gasteiger partial charge in [-0.3, -0.25) is 4.79 Å². The van der Waals surface area contributed by atoms with Gasteiger partial charge in [0, 0.05) is 24.7 Å². The molecule has 23 heavy (non-hydrogen) atoms. The summed E-state index contributed by atoms with van der Waals surface area (Å²) in [7, 11) is 3.06. The zero-order valence-corrected chi connectivity index (χ0v) is 12.9. The Kier molecular flexibility index (Phi) is 4.65. The minimum absolute atomic E-state index is 0.0970. The third-order valence-corrected chi connectivity index (χ3v) is 3.38. The topological polar surface area (TPSA) is 76.4 Å². The van der Waals surface area contributed by atoms with Gasteiger partial charge in [0.05, 0.1) is 13.7 Å². The molecule has 0 radical (unpaired) electrons. The van der Waals surface area contributed by atoms with Crippen LogP contribution in [0.5, 0.6) is 5.88 Å². The van der Waals surface area contributed by atoms with Crippen molar-refractivity contribution in [2.45, 2.75) is 12.5 Å². The van der Waals surface area contributed by atoms with E-state index in [1.165, 1.54) is 24.8 Å². The standard InChI is InChI=1S/C15H17F2N3O3/c1-15(22,10-5-4-9(16)6-11(10)17)8-18-14(21)12-7-13(23-3)20(2)19-12/h4-7,22H,8H2,1-3H3,(H,18,21). The highest BCUT2D eigenvalue weighted by molar-refractivity contribution is 5.92. The number of nitrogens with zero attached hydrogens (tertiary/aromatic N) is 2. The number of rotatable bonds is 5. The van der Waals surface area contributed by atoms with Gasteiger partial charge in [-0.1, -0.05) is 6.07 Å². The van der Waals surface area contributed by atoms with Crippen molar-refractivity contribution in [3.8, 4) is 5.88 Å². The monoisotopic (exact) mass is 325 g/mol. The highest BCUT2D eigenvalue weighted by Crippen LogP contribution is 2.23. The van der Waals surface area contributed by atoms with Crippen LogP contribution in [-0.2, 0) is 12.6 Å². The predicted octanol–water partition coefficient (Wildman–Crippen LogP) is 1.34. The molecule has 0 saturated carbocycles. The van der Waals surface area contributed by atoms with E-state index in [1.54, 1.807) is 7.05 Å². The van der Waals surface area contributed by atoms with Crippen molar-refractivity contribution in [1.82, 2.24) is 15.1 Å². The van der Waals surface area contributed by atoms with Gasteiger partial charge in [0.15, 0.2) is 5.69 Å². The fraction of sp³-hybridized carbons (Fsp3) is 0.333. The minimum Gasteiger partial charge on any atom is -0.481 e. The van der Waals surface area contributed by atoms with E-state index < -0.39 is 23.1 Å². The van der Waals surface area contributed by atoms with Gasteiger partial charge in [-0.05, 0) is 13.0 Å². The Morgan fingerprint density at radius 2 is 2.13 bits per heavy atom. The summed E-state index contributed by atoms with van der Waals surface area (Å²) in [6.45, 7) is 1.05. The summed E-state index contributed by atoms with van der Waals surface area (Å²) < 4.78 is 33.1. The van der Waals surface area contributed by atoms with Gasteiger partial charge in [0.1, 0.15) is 17.2 Å². The fourth-order valence-corrected chi connectivity index (χ4v) is 2.12. The van der Waals surface area contributed by atoms with E-state index in [2.05, 4.69) is 10.4 Å². The van der Waals surface area contributed by atoms with Gasteiger partial charge in [-0.2, -0.15) is 5.10 Å². The predicted molar refractivity (Wildman–Crippen MR) is 78.0 cm³/mol. The fourth-order valence-electron chi connectivity index (χ4n) is 2.12. The van der Waals surface area contributed by atoms with Crippen molar-refractivity contribution in [3.63, 3.8) is 0 Å². The molecule has 0 bridgehead atoms. The maximum absolute atomic E-state index is 13.8. The lowest BCUT2D eigenvalue weighted by Crippen LogP contribution is -2.39. The minimum atomic E-state index is -1.70. The molecule has 1 heterocycles. The van der Waals surface area contributed by atoms with Crippen LogP contribution in [0.4, 0.5) is 8.78 Å². The Labute approximate surface area is 131 Å². The number of nitrogens with one attached hydrogen (secondary N) is 1. The van der Waals surface area contributed by atoms with Crippen molar-refractivity contribution >= 4 is 5.91 Å². The quantitative estimate of drug-likeness (QED) is 0.870. The summed E-state index contributed by atoms with van der Waals surface area (Å²) in [5, 5.41) is 16.8. The number of benzene rings is 1. The van der Waals surface area contributed by atoms with Crippen LogP contribution in [-0.4, -0.2) is 34.4 Å². The second-order valence-corrected chi connectivity index (χ2v) is 5.28. The molecule has 0 saturated heterocycles. The van der Waals surface area contributed by atoms with E-state index >= 15 is 0 Å². The maximum atomic E-state index is 13.8. The number of ether oxygens (including phenoxy) is 1. The van der Waals surface area contributed by atoms with Gasteiger partial charge in [0.2, 0.25) is 5.88 Å². The summed E-state index contributed by atoms with van der Waals surface area (Å²) in [5.41, 5.74) is -1.72. The summed E-state index contributed by atoms with van der Waals surface area (Å²) in [6.07, 6.45) is 0. The number of methoxy groups -OCH3 is 1. The molecule has 1 amide bonds. The van der Waals surface area contributed by atoms with Crippen molar-refractivity contribution < 1.29 is 23.4 Å². The summed E-state index contributed by atoms with van der Waals surface area (Å²) in [5.74, 6) is -1.78. The second-order valence-electron chi connectivity index (χ2n) is 5.28. The number of halogens is 2. The van der Waals surface area contributed by atoms with Crippen LogP contribution < -0.4 is 10.1 Å². The Balaban J connectivity index is 2.10. The summed E-state index contributed by atoms with van der Waals surface area (Å²) in [4.78, 5) is 12.0. The zero-order chi connectivity index (χ0) is 17.2. The average molecular weight is 325 g/mol. The molecular weight excluding hydrogens is 308 g/mol. The molecular formula is C15H17F2N3O3. The Morgan fingerprint density at radius 1 is 1.43 bits per heavy atom. The van der Waals surface area contributed by atoms with E-state index in [-0.39, 0.29) is 17.8 Å². The molecule has 8 heteroatoms. The van der Waals surface area contributed by atoms with Gasteiger partial charge in [-0.25, -0.2) is 13.5 Å². The molecule has 0 spiro atoms. The van der Waals surface area contributed by atoms with Crippen molar-refractivity contribution in [2.24, 2.45) is 7.05 Å². The molecule has 6 nitrogen and oxygen atoms in total. The average Bonchev–Trinajstić information content (AvgIpc) is 2.85. The van der Waals surface area contributed by atoms with E-state index in [0.29, 0.717) is 11.9 Å². The van der Waals surface area contributed by atoms with E-state index in [1.807, 2.05) is 0 Å². The highest BCUT2D eigenvalue weighted by atomic mass is 19.1. The van der Waals surface area contributed by atoms with Crippen molar-refractivity contribution in [3.05, 3.63) is 47.2 Å². The summed E-state index contributed by atoms with van der Waals surface area (Å²) >= 11 is 0. The number of aliphatic hydroxyl groups is 1. The van der Waals surface area contributed by atoms with Crippen LogP contribution in [0, 0.1) is 11.6 Å². The van der Waals surface area contributed by atoms with Crippen LogP contribution in [0.3, 0.4) is 0 Å². The number of hydrogen-bond donors (Lipinski definition) is 2. The number of carbonyl (C=O) groups excluding carboxylic acids is 1. The lowest BCUT2D eigenvalue weighted by Gasteiger charge is -2.24. The Bertz CT molecular complexity index is 729. The van der Waals surface area contributed by atoms with Crippen LogP contribution in [0.15, 0.2) is 24.3 Å². The number of carbonyl (C=O) groups is 1. The highest BCUT2D eigenvalue weighted by Gasteiger charge is 2.28. The Morgan fingerprint density at radius 3 is 2.70 bits per heavy atom. The molecule has 1 aromatic carbocycles. The number of amides is 1. The van der Waals surface area contributed by atoms with Gasteiger partial charge >= 0.3 is 0 Å². The molecule has 2 N–H and O–H groups in total. The molecule has 2 aromatic rings. The first-order valence-corrected chi connectivity index (χ1v) is 6.78. The molecule has 2 rings (SSSR count). The van der Waals surface area contributed by atoms with Gasteiger partial charge in [0.25, 0.3) is 5.91 Å². The van der Waals surface area contributed by atoms with Crippen LogP contribution >= 0.6 is 0 Å². The van der Waals surface area contributed by atoms with E-state index in [0.717, 1.165) is 12.1 Å². The van der Waals surface area contributed by atoms with Gasteiger partial charge in [-0.15, -0.1) is 0 Å². The maximum Gasteiger partial charge on any atom is 0.272 e. The largest absolute Gasteiger partial charge is 0.481 e. The molecule has 0 aliphatic rings. The molecule has 1 atom stereocenters. The number of aryl methyl sites for hydroxylation is 1. The lowest BCUT2D eigenvalue weighted by molar-refractivity contribution is 0.0493. The Hall–Kier alpha value is -2.48. The zero-order valence-electron chi connectivity index (χ0n) is 12.9. The van der Waals surface area contributed by atoms with Crippen LogP contribution in [0.1, 0.15) is 23.0 Å². The molecule has 0 aliphatic heterocycles. The summed E-state index contributed by atoms with van der Waals surface area (Å²) in [6, 6.07) is 4.29. The number of hydrogen-bond acceptors (Lipinski definition) is 4. The smallest absolute Gasteiger partial charge is 0.272 e. The number of aromatic nitrogens is 2. The third-order valence-electron chi connectivity index (χ3n) is 3.38. The lowest BCUT2D eigenvalue weighted by atomic mass is 9.95. The normalized spacial score (nSPS) is 13.5. The molecule has 124 valence electrons. The van der Waals surface area contributed by atoms with E-state index in [4.69, 9.17) is 4.74 Å². The molecule has 0 aliphatic carbocycles. The third kappa shape index (κ3) is 3.65. The van der Waals surface area contributed by atoms with Crippen molar-refractivity contribution in [2.75, 3.05) is 13.7 Å².